The van der Waals surface area contributed by atoms with Gasteiger partial charge in [0.1, 0.15) is 0 Å². The molecule has 0 bridgehead atoms. The summed E-state index contributed by atoms with van der Waals surface area (Å²) in [6, 6.07) is 9.00. The highest BCUT2D eigenvalue weighted by molar-refractivity contribution is 7.99. The molecule has 112 valence electrons. The molecule has 7 heteroatoms. The highest BCUT2D eigenvalue weighted by Gasteiger charge is 2.33. The van der Waals surface area contributed by atoms with Gasteiger partial charge in [0.15, 0.2) is 0 Å². The van der Waals surface area contributed by atoms with Crippen LogP contribution in [0.25, 0.3) is 0 Å². The van der Waals surface area contributed by atoms with Gasteiger partial charge in [-0.15, -0.1) is 0 Å². The van der Waals surface area contributed by atoms with Gasteiger partial charge in [0.05, 0.1) is 15.6 Å². The Kier molecular flexibility index (Phi) is 5.09. The molecule has 0 heterocycles. The summed E-state index contributed by atoms with van der Waals surface area (Å²) in [6.07, 6.45) is -4.43. The Morgan fingerprint density at radius 1 is 0.952 bits per heavy atom. The third kappa shape index (κ3) is 4.07. The van der Waals surface area contributed by atoms with E-state index in [1.807, 2.05) is 0 Å². The minimum Gasteiger partial charge on any atom is -0.326 e. The van der Waals surface area contributed by atoms with Gasteiger partial charge in [0.25, 0.3) is 0 Å². The summed E-state index contributed by atoms with van der Waals surface area (Å²) in [5.74, 6) is 0. The van der Waals surface area contributed by atoms with Crippen molar-refractivity contribution < 1.29 is 13.2 Å². The van der Waals surface area contributed by atoms with Crippen molar-refractivity contribution in [3.05, 3.63) is 57.6 Å². The molecule has 0 unspecified atom stereocenters. The molecule has 0 aromatic heterocycles. The lowest BCUT2D eigenvalue weighted by molar-refractivity contribution is -0.138. The Labute approximate surface area is 134 Å². The molecule has 0 aliphatic heterocycles. The maximum atomic E-state index is 13.0. The van der Waals surface area contributed by atoms with Crippen molar-refractivity contribution in [2.24, 2.45) is 5.73 Å². The van der Waals surface area contributed by atoms with Gasteiger partial charge in [-0.2, -0.15) is 13.2 Å². The second-order valence-electron chi connectivity index (χ2n) is 4.20. The molecule has 0 aliphatic carbocycles. The first-order valence-electron chi connectivity index (χ1n) is 5.84. The minimum atomic E-state index is -4.43. The Bertz CT molecular complexity index is 659. The molecule has 0 fully saturated rings. The number of rotatable bonds is 3. The Hall–Kier alpha value is -0.880. The normalized spacial score (nSPS) is 11.7. The number of hydrogen-bond acceptors (Lipinski definition) is 2. The molecular formula is C14H10Cl2F3NS. The van der Waals surface area contributed by atoms with Crippen molar-refractivity contribution in [2.45, 2.75) is 22.5 Å². The Balaban J connectivity index is 2.34. The summed E-state index contributed by atoms with van der Waals surface area (Å²) < 4.78 is 38.9. The van der Waals surface area contributed by atoms with Gasteiger partial charge in [-0.3, -0.25) is 0 Å². The summed E-state index contributed by atoms with van der Waals surface area (Å²) in [7, 11) is 0. The quantitative estimate of drug-likeness (QED) is 0.776. The van der Waals surface area contributed by atoms with Gasteiger partial charge < -0.3 is 5.73 Å². The second-order valence-corrected chi connectivity index (χ2v) is 6.16. The van der Waals surface area contributed by atoms with Crippen molar-refractivity contribution in [3.8, 4) is 0 Å². The van der Waals surface area contributed by atoms with Crippen LogP contribution in [0, 0.1) is 0 Å². The molecule has 0 spiro atoms. The van der Waals surface area contributed by atoms with Gasteiger partial charge in [-0.25, -0.2) is 0 Å². The van der Waals surface area contributed by atoms with Crippen LogP contribution in [0.15, 0.2) is 46.2 Å². The molecule has 2 N–H and O–H groups in total. The molecule has 0 amide bonds. The van der Waals surface area contributed by atoms with Crippen LogP contribution < -0.4 is 5.73 Å². The van der Waals surface area contributed by atoms with E-state index in [1.54, 1.807) is 24.3 Å². The highest BCUT2D eigenvalue weighted by Crippen LogP contribution is 2.37. The van der Waals surface area contributed by atoms with E-state index < -0.39 is 11.7 Å². The zero-order valence-corrected chi connectivity index (χ0v) is 12.9. The van der Waals surface area contributed by atoms with Gasteiger partial charge in [0.2, 0.25) is 0 Å². The van der Waals surface area contributed by atoms with Crippen molar-refractivity contribution >= 4 is 35.0 Å². The maximum absolute atomic E-state index is 13.0. The number of alkyl halides is 3. The van der Waals surface area contributed by atoms with Crippen LogP contribution in [0.1, 0.15) is 11.1 Å². The summed E-state index contributed by atoms with van der Waals surface area (Å²) >= 11 is 12.9. The molecule has 1 nitrogen and oxygen atoms in total. The monoisotopic (exact) mass is 351 g/mol. The van der Waals surface area contributed by atoms with Gasteiger partial charge in [-0.1, -0.05) is 41.0 Å². The Morgan fingerprint density at radius 2 is 1.57 bits per heavy atom. The molecule has 0 saturated heterocycles. The lowest BCUT2D eigenvalue weighted by Gasteiger charge is -2.13. The molecule has 0 aliphatic rings. The van der Waals surface area contributed by atoms with E-state index >= 15 is 0 Å². The van der Waals surface area contributed by atoms with Crippen molar-refractivity contribution in [1.29, 1.82) is 0 Å². The number of hydrogen-bond donors (Lipinski definition) is 1. The van der Waals surface area contributed by atoms with Gasteiger partial charge in [0, 0.05) is 16.3 Å². The summed E-state index contributed by atoms with van der Waals surface area (Å²) in [6.45, 7) is -0.160. The Morgan fingerprint density at radius 3 is 2.14 bits per heavy atom. The first-order valence-corrected chi connectivity index (χ1v) is 7.41. The van der Waals surface area contributed by atoms with Gasteiger partial charge in [-0.05, 0) is 35.9 Å². The van der Waals surface area contributed by atoms with Crippen LogP contribution in [0.3, 0.4) is 0 Å². The molecule has 0 atom stereocenters. The van der Waals surface area contributed by atoms with E-state index in [2.05, 4.69) is 0 Å². The zero-order valence-electron chi connectivity index (χ0n) is 10.5. The van der Waals surface area contributed by atoms with Crippen molar-refractivity contribution in [3.63, 3.8) is 0 Å². The van der Waals surface area contributed by atoms with Crippen LogP contribution in [-0.2, 0) is 12.7 Å². The van der Waals surface area contributed by atoms with E-state index in [0.29, 0.717) is 19.8 Å². The van der Waals surface area contributed by atoms with E-state index in [0.717, 1.165) is 6.07 Å². The highest BCUT2D eigenvalue weighted by atomic mass is 35.5. The van der Waals surface area contributed by atoms with Crippen molar-refractivity contribution in [2.75, 3.05) is 0 Å². The lowest BCUT2D eigenvalue weighted by Crippen LogP contribution is -2.11. The fourth-order valence-electron chi connectivity index (χ4n) is 1.74. The summed E-state index contributed by atoms with van der Waals surface area (Å²) in [5.41, 5.74) is 4.71. The van der Waals surface area contributed by atoms with Gasteiger partial charge >= 0.3 is 6.18 Å². The topological polar surface area (TPSA) is 26.0 Å². The summed E-state index contributed by atoms with van der Waals surface area (Å²) in [4.78, 5) is 1.16. The molecular weight excluding hydrogens is 342 g/mol. The largest absolute Gasteiger partial charge is 0.416 e. The molecule has 2 aromatic rings. The lowest BCUT2D eigenvalue weighted by atomic mass is 10.1. The van der Waals surface area contributed by atoms with E-state index in [1.165, 1.54) is 17.8 Å². The maximum Gasteiger partial charge on any atom is 0.416 e. The first-order chi connectivity index (χ1) is 9.81. The van der Waals surface area contributed by atoms with Crippen LogP contribution in [0.2, 0.25) is 10.0 Å². The average Bonchev–Trinajstić information content (AvgIpc) is 2.42. The standard InChI is InChI=1S/C14H10Cl2F3NS/c15-12-4-3-10(6-13(12)16)21-9-2-1-8(7-20)11(5-9)14(17,18)19/h1-6H,7,20H2. The molecule has 2 aromatic carbocycles. The number of benzene rings is 2. The molecule has 0 radical (unpaired) electrons. The molecule has 21 heavy (non-hydrogen) atoms. The van der Waals surface area contributed by atoms with E-state index in [9.17, 15) is 13.2 Å². The predicted octanol–water partition coefficient (Wildman–Crippen LogP) is 5.62. The smallest absolute Gasteiger partial charge is 0.326 e. The second kappa shape index (κ2) is 6.48. The van der Waals surface area contributed by atoms with Crippen LogP contribution >= 0.6 is 35.0 Å². The first kappa shape index (κ1) is 16.5. The van der Waals surface area contributed by atoms with E-state index in [4.69, 9.17) is 28.9 Å². The number of halogens is 5. The predicted molar refractivity (Wildman–Crippen MR) is 79.9 cm³/mol. The third-order valence-electron chi connectivity index (χ3n) is 2.73. The average molecular weight is 352 g/mol. The zero-order chi connectivity index (χ0) is 15.6. The van der Waals surface area contributed by atoms with Crippen LogP contribution in [0.5, 0.6) is 0 Å². The fourth-order valence-corrected chi connectivity index (χ4v) is 3.00. The SMILES string of the molecule is NCc1ccc(Sc2ccc(Cl)c(Cl)c2)cc1C(F)(F)F. The summed E-state index contributed by atoms with van der Waals surface area (Å²) in [5, 5.41) is 0.756. The fraction of sp³-hybridized carbons (Fsp3) is 0.143. The van der Waals surface area contributed by atoms with Crippen LogP contribution in [0.4, 0.5) is 13.2 Å². The third-order valence-corrected chi connectivity index (χ3v) is 4.45. The molecule has 0 saturated carbocycles. The minimum absolute atomic E-state index is 0.0704. The number of nitrogens with two attached hydrogens (primary N) is 1. The van der Waals surface area contributed by atoms with E-state index in [-0.39, 0.29) is 12.1 Å². The van der Waals surface area contributed by atoms with Crippen LogP contribution in [-0.4, -0.2) is 0 Å². The molecule has 2 rings (SSSR count). The van der Waals surface area contributed by atoms with Crippen molar-refractivity contribution in [1.82, 2.24) is 0 Å².